The summed E-state index contributed by atoms with van der Waals surface area (Å²) >= 11 is 0. The molecule has 234 valence electrons. The van der Waals surface area contributed by atoms with Crippen molar-refractivity contribution in [3.63, 3.8) is 0 Å². The molecule has 8 aromatic rings. The first kappa shape index (κ1) is 29.8. The van der Waals surface area contributed by atoms with Crippen LogP contribution in [0.5, 0.6) is 0 Å². The Labute approximate surface area is 285 Å². The monoisotopic (exact) mass is 631 g/mol. The number of fused-ring (bicyclic) bond motifs is 1. The number of nitrogen functional groups attached to an aromatic ring is 1. The molecule has 5 nitrogen and oxygen atoms in total. The molecule has 4 N–H and O–H groups in total. The first-order chi connectivity index (χ1) is 24.1. The molecule has 0 aliphatic rings. The SMILES string of the molecule is Nc1ccccc1N(N)c1ccc(-c2cccc3cccc(-c4ccc(-c5cc(-c6ccccc6)nc(-c6ccccc6)n5)cc4)c23)cc1. The van der Waals surface area contributed by atoms with Gasteiger partial charge in [0.1, 0.15) is 0 Å². The van der Waals surface area contributed by atoms with Crippen molar-refractivity contribution in [2.75, 3.05) is 10.7 Å². The van der Waals surface area contributed by atoms with Gasteiger partial charge >= 0.3 is 0 Å². The number of rotatable bonds is 7. The molecule has 7 aromatic carbocycles. The van der Waals surface area contributed by atoms with Gasteiger partial charge in [-0.05, 0) is 63.4 Å². The Hall–Kier alpha value is -6.56. The van der Waals surface area contributed by atoms with Crippen molar-refractivity contribution >= 4 is 27.8 Å². The second-order valence-corrected chi connectivity index (χ2v) is 12.0. The Balaban J connectivity index is 1.17. The van der Waals surface area contributed by atoms with Gasteiger partial charge in [0.15, 0.2) is 5.82 Å². The fraction of sp³-hybridized carbons (Fsp3) is 0. The van der Waals surface area contributed by atoms with Gasteiger partial charge in [-0.1, -0.05) is 146 Å². The minimum atomic E-state index is 0.631. The van der Waals surface area contributed by atoms with Crippen molar-refractivity contribution in [3.8, 4) is 56.2 Å². The van der Waals surface area contributed by atoms with E-state index < -0.39 is 0 Å². The number of nitrogens with zero attached hydrogens (tertiary/aromatic N) is 3. The quantitative estimate of drug-likeness (QED) is 0.104. The lowest BCUT2D eigenvalue weighted by molar-refractivity contribution is 1.09. The van der Waals surface area contributed by atoms with Gasteiger partial charge in [-0.25, -0.2) is 15.8 Å². The van der Waals surface area contributed by atoms with Crippen LogP contribution in [0.3, 0.4) is 0 Å². The van der Waals surface area contributed by atoms with Crippen LogP contribution in [0.25, 0.3) is 66.9 Å². The highest BCUT2D eigenvalue weighted by molar-refractivity contribution is 6.06. The maximum atomic E-state index is 6.47. The standard InChI is InChI=1S/C44H33N5/c45-39-19-7-8-20-42(39)49(46)36-27-25-31(26-28-36)38-18-10-16-34-15-9-17-37(43(34)38)30-21-23-33(24-22-30)41-29-40(32-11-3-1-4-12-32)47-44(48-41)35-13-5-2-6-14-35/h1-29H,45-46H2. The van der Waals surface area contributed by atoms with Crippen LogP contribution in [0.4, 0.5) is 17.1 Å². The van der Waals surface area contributed by atoms with Crippen LogP contribution in [0, 0.1) is 0 Å². The van der Waals surface area contributed by atoms with Crippen molar-refractivity contribution in [2.45, 2.75) is 0 Å². The molecule has 0 unspecified atom stereocenters. The van der Waals surface area contributed by atoms with Gasteiger partial charge in [-0.3, -0.25) is 5.01 Å². The Morgan fingerprint density at radius 2 is 0.918 bits per heavy atom. The predicted octanol–water partition coefficient (Wildman–Crippen LogP) is 10.6. The zero-order valence-electron chi connectivity index (χ0n) is 26.7. The molecule has 0 saturated carbocycles. The minimum absolute atomic E-state index is 0.631. The largest absolute Gasteiger partial charge is 0.397 e. The molecule has 0 aliphatic heterocycles. The van der Waals surface area contributed by atoms with E-state index in [1.165, 1.54) is 16.3 Å². The Morgan fingerprint density at radius 3 is 1.51 bits per heavy atom. The average molecular weight is 632 g/mol. The zero-order chi connectivity index (χ0) is 33.2. The molecule has 5 heteroatoms. The summed E-state index contributed by atoms with van der Waals surface area (Å²) in [5, 5.41) is 4.00. The van der Waals surface area contributed by atoms with E-state index in [-0.39, 0.29) is 0 Å². The van der Waals surface area contributed by atoms with Gasteiger partial charge in [0, 0.05) is 16.7 Å². The van der Waals surface area contributed by atoms with Gasteiger partial charge in [-0.2, -0.15) is 0 Å². The van der Waals surface area contributed by atoms with Crippen LogP contribution in [0.1, 0.15) is 0 Å². The number of benzene rings is 7. The average Bonchev–Trinajstić information content (AvgIpc) is 3.18. The molecule has 0 radical (unpaired) electrons. The normalized spacial score (nSPS) is 11.0. The molecule has 0 amide bonds. The van der Waals surface area contributed by atoms with Crippen molar-refractivity contribution in [1.82, 2.24) is 9.97 Å². The molecule has 49 heavy (non-hydrogen) atoms. The smallest absolute Gasteiger partial charge is 0.160 e. The van der Waals surface area contributed by atoms with E-state index in [1.807, 2.05) is 84.9 Å². The Bertz CT molecular complexity index is 2320. The van der Waals surface area contributed by atoms with E-state index in [1.54, 1.807) is 5.01 Å². The summed E-state index contributed by atoms with van der Waals surface area (Å²) in [6.45, 7) is 0. The summed E-state index contributed by atoms with van der Waals surface area (Å²) in [5.41, 5.74) is 17.8. The zero-order valence-corrected chi connectivity index (χ0v) is 26.7. The summed E-state index contributed by atoms with van der Waals surface area (Å²) in [5.74, 6) is 7.18. The highest BCUT2D eigenvalue weighted by Gasteiger charge is 2.14. The second kappa shape index (κ2) is 12.9. The molecule has 1 heterocycles. The fourth-order valence-corrected chi connectivity index (χ4v) is 6.36. The van der Waals surface area contributed by atoms with E-state index >= 15 is 0 Å². The molecule has 0 bridgehead atoms. The van der Waals surface area contributed by atoms with Gasteiger partial charge in [0.05, 0.1) is 28.5 Å². The topological polar surface area (TPSA) is 81.1 Å². The summed E-state index contributed by atoms with van der Waals surface area (Å²) in [6.07, 6.45) is 0. The van der Waals surface area contributed by atoms with Crippen LogP contribution < -0.4 is 16.6 Å². The maximum absolute atomic E-state index is 6.47. The molecule has 0 spiro atoms. The number of hydrogen-bond donors (Lipinski definition) is 2. The summed E-state index contributed by atoms with van der Waals surface area (Å²) in [7, 11) is 0. The van der Waals surface area contributed by atoms with Crippen molar-refractivity contribution in [1.29, 1.82) is 0 Å². The van der Waals surface area contributed by atoms with Crippen molar-refractivity contribution in [2.24, 2.45) is 5.84 Å². The van der Waals surface area contributed by atoms with E-state index in [9.17, 15) is 0 Å². The van der Waals surface area contributed by atoms with Crippen LogP contribution in [0.15, 0.2) is 176 Å². The number of hydrazine groups is 1. The third kappa shape index (κ3) is 5.91. The fourth-order valence-electron chi connectivity index (χ4n) is 6.36. The molecular weight excluding hydrogens is 599 g/mol. The summed E-state index contributed by atoms with van der Waals surface area (Å²) < 4.78 is 0. The highest BCUT2D eigenvalue weighted by Crippen LogP contribution is 2.38. The number of anilines is 3. The second-order valence-electron chi connectivity index (χ2n) is 12.0. The molecule has 0 aliphatic carbocycles. The number of hydrogen-bond acceptors (Lipinski definition) is 5. The number of nitrogens with two attached hydrogens (primary N) is 2. The Morgan fingerprint density at radius 1 is 0.429 bits per heavy atom. The number of para-hydroxylation sites is 2. The third-order valence-electron chi connectivity index (χ3n) is 8.88. The first-order valence-corrected chi connectivity index (χ1v) is 16.2. The lowest BCUT2D eigenvalue weighted by Crippen LogP contribution is -2.25. The van der Waals surface area contributed by atoms with Crippen LogP contribution in [-0.4, -0.2) is 9.97 Å². The van der Waals surface area contributed by atoms with Crippen molar-refractivity contribution < 1.29 is 0 Å². The van der Waals surface area contributed by atoms with E-state index in [0.29, 0.717) is 11.5 Å². The molecule has 8 rings (SSSR count). The van der Waals surface area contributed by atoms with Gasteiger partial charge in [0.25, 0.3) is 0 Å². The van der Waals surface area contributed by atoms with Crippen LogP contribution in [0.2, 0.25) is 0 Å². The molecular formula is C44H33N5. The highest BCUT2D eigenvalue weighted by atomic mass is 15.4. The van der Waals surface area contributed by atoms with E-state index in [4.69, 9.17) is 21.5 Å². The summed E-state index contributed by atoms with van der Waals surface area (Å²) in [6, 6.07) is 60.0. The Kier molecular flexibility index (Phi) is 7.86. The molecule has 0 fully saturated rings. The molecule has 0 saturated heterocycles. The lowest BCUT2D eigenvalue weighted by Gasteiger charge is -2.21. The predicted molar refractivity (Wildman–Crippen MR) is 204 cm³/mol. The first-order valence-electron chi connectivity index (χ1n) is 16.2. The van der Waals surface area contributed by atoms with Crippen LogP contribution >= 0.6 is 0 Å². The van der Waals surface area contributed by atoms with Crippen LogP contribution in [-0.2, 0) is 0 Å². The summed E-state index contributed by atoms with van der Waals surface area (Å²) in [4.78, 5) is 9.96. The third-order valence-corrected chi connectivity index (χ3v) is 8.88. The molecule has 1 aromatic heterocycles. The van der Waals surface area contributed by atoms with E-state index in [0.717, 1.165) is 56.1 Å². The minimum Gasteiger partial charge on any atom is -0.397 e. The van der Waals surface area contributed by atoms with Crippen molar-refractivity contribution in [3.05, 3.63) is 176 Å². The maximum Gasteiger partial charge on any atom is 0.160 e. The molecule has 0 atom stereocenters. The van der Waals surface area contributed by atoms with Gasteiger partial charge < -0.3 is 5.73 Å². The number of aromatic nitrogens is 2. The van der Waals surface area contributed by atoms with E-state index in [2.05, 4.69) is 91.0 Å². The van der Waals surface area contributed by atoms with Gasteiger partial charge in [-0.15, -0.1) is 0 Å². The lowest BCUT2D eigenvalue weighted by atomic mass is 9.91. The van der Waals surface area contributed by atoms with Gasteiger partial charge in [0.2, 0.25) is 0 Å².